The third-order valence-corrected chi connectivity index (χ3v) is 4.69. The van der Waals surface area contributed by atoms with E-state index in [4.69, 9.17) is 12.6 Å². The van der Waals surface area contributed by atoms with E-state index < -0.39 is 23.5 Å². The summed E-state index contributed by atoms with van der Waals surface area (Å²) in [5.41, 5.74) is 0.558. The molecule has 0 unspecified atom stereocenters. The second-order valence-electron chi connectivity index (χ2n) is 6.86. The zero-order chi connectivity index (χ0) is 23.0. The minimum Gasteiger partial charge on any atom is -0.461 e. The van der Waals surface area contributed by atoms with Gasteiger partial charge >= 0.3 is 12.1 Å². The monoisotopic (exact) mass is 439 g/mol. The third-order valence-electron chi connectivity index (χ3n) is 4.69. The second-order valence-corrected chi connectivity index (χ2v) is 6.86. The Bertz CT molecular complexity index is 1320. The number of esters is 1. The van der Waals surface area contributed by atoms with Crippen LogP contribution in [0.4, 0.5) is 17.6 Å². The molecule has 10 heteroatoms. The van der Waals surface area contributed by atoms with Crippen molar-refractivity contribution in [3.8, 4) is 22.5 Å². The number of carbonyl (C=O) groups is 1. The molecule has 0 atom stereocenters. The highest BCUT2D eigenvalue weighted by atomic mass is 19.4. The number of nitrogens with zero attached hydrogens (tertiary/aromatic N) is 3. The molecule has 0 fully saturated rings. The Labute approximate surface area is 181 Å². The summed E-state index contributed by atoms with van der Waals surface area (Å²) in [5, 5.41) is 4.37. The fraction of sp³-hybridized carbons (Fsp3) is 0.136. The van der Waals surface area contributed by atoms with E-state index in [0.717, 1.165) is 18.2 Å². The topological polar surface area (TPSA) is 56.5 Å². The van der Waals surface area contributed by atoms with Crippen molar-refractivity contribution in [1.29, 1.82) is 0 Å². The Morgan fingerprint density at radius 2 is 1.81 bits per heavy atom. The molecule has 0 aliphatic rings. The molecular formula is C22H14BF4N3O2. The van der Waals surface area contributed by atoms with Gasteiger partial charge < -0.3 is 4.74 Å². The van der Waals surface area contributed by atoms with Gasteiger partial charge in [-0.05, 0) is 31.2 Å². The van der Waals surface area contributed by atoms with E-state index in [1.165, 1.54) is 40.9 Å². The van der Waals surface area contributed by atoms with Crippen molar-refractivity contribution < 1.29 is 27.1 Å². The lowest BCUT2D eigenvalue weighted by Gasteiger charge is -2.10. The van der Waals surface area contributed by atoms with Crippen LogP contribution in [0.2, 0.25) is 0 Å². The van der Waals surface area contributed by atoms with Crippen LogP contribution in [-0.2, 0) is 10.9 Å². The van der Waals surface area contributed by atoms with Crippen LogP contribution in [0, 0.1) is 5.82 Å². The van der Waals surface area contributed by atoms with Gasteiger partial charge in [-0.3, -0.25) is 0 Å². The molecule has 0 N–H and O–H groups in total. The quantitative estimate of drug-likeness (QED) is 0.272. The van der Waals surface area contributed by atoms with E-state index in [9.17, 15) is 22.4 Å². The van der Waals surface area contributed by atoms with E-state index in [2.05, 4.69) is 10.1 Å². The average Bonchev–Trinajstić information content (AvgIpc) is 3.16. The Kier molecular flexibility index (Phi) is 5.46. The minimum atomic E-state index is -4.49. The molecule has 160 valence electrons. The maximum Gasteiger partial charge on any atom is 0.416 e. The number of hydrogen-bond donors (Lipinski definition) is 0. The highest BCUT2D eigenvalue weighted by Crippen LogP contribution is 2.32. The van der Waals surface area contributed by atoms with Crippen LogP contribution in [0.25, 0.3) is 28.2 Å². The van der Waals surface area contributed by atoms with Gasteiger partial charge in [-0.25, -0.2) is 18.7 Å². The Balaban J connectivity index is 1.91. The van der Waals surface area contributed by atoms with Crippen molar-refractivity contribution in [3.63, 3.8) is 0 Å². The number of hydrogen-bond acceptors (Lipinski definition) is 4. The lowest BCUT2D eigenvalue weighted by molar-refractivity contribution is -0.137. The van der Waals surface area contributed by atoms with Gasteiger partial charge in [0, 0.05) is 17.2 Å². The zero-order valence-corrected chi connectivity index (χ0v) is 16.7. The van der Waals surface area contributed by atoms with Gasteiger partial charge in [0.25, 0.3) is 0 Å². The van der Waals surface area contributed by atoms with Crippen molar-refractivity contribution in [2.45, 2.75) is 13.1 Å². The van der Waals surface area contributed by atoms with Crippen molar-refractivity contribution in [3.05, 3.63) is 71.7 Å². The number of halogens is 4. The van der Waals surface area contributed by atoms with Crippen LogP contribution < -0.4 is 5.46 Å². The number of fused-ring (bicyclic) bond motifs is 1. The molecule has 0 saturated carbocycles. The first-order valence-corrected chi connectivity index (χ1v) is 9.48. The van der Waals surface area contributed by atoms with Crippen LogP contribution in [-0.4, -0.2) is 35.0 Å². The van der Waals surface area contributed by atoms with Gasteiger partial charge in [-0.15, -0.1) is 0 Å². The van der Waals surface area contributed by atoms with Gasteiger partial charge in [0.2, 0.25) is 0 Å². The molecule has 0 spiro atoms. The predicted molar refractivity (Wildman–Crippen MR) is 110 cm³/mol. The number of rotatable bonds is 4. The number of benzene rings is 2. The fourth-order valence-corrected chi connectivity index (χ4v) is 3.19. The van der Waals surface area contributed by atoms with Crippen LogP contribution >= 0.6 is 0 Å². The first-order valence-electron chi connectivity index (χ1n) is 9.48. The molecule has 0 amide bonds. The smallest absolute Gasteiger partial charge is 0.416 e. The van der Waals surface area contributed by atoms with Gasteiger partial charge in [0.1, 0.15) is 13.7 Å². The largest absolute Gasteiger partial charge is 0.461 e. The summed E-state index contributed by atoms with van der Waals surface area (Å²) >= 11 is 0. The van der Waals surface area contributed by atoms with Crippen molar-refractivity contribution >= 4 is 24.9 Å². The second kappa shape index (κ2) is 8.10. The third kappa shape index (κ3) is 4.08. The molecular weight excluding hydrogens is 425 g/mol. The molecule has 2 radical (unpaired) electrons. The van der Waals surface area contributed by atoms with Crippen LogP contribution in [0.15, 0.2) is 54.6 Å². The molecule has 0 aliphatic carbocycles. The van der Waals surface area contributed by atoms with Crippen molar-refractivity contribution in [2.24, 2.45) is 0 Å². The SMILES string of the molecule is [B]c1ccc(-c2cc3nc(C(=O)OCC)cc(-c4ccc(C(F)(F)F)cc4)n3n2)c(F)c1. The first-order chi connectivity index (χ1) is 15.2. The molecule has 2 aromatic heterocycles. The molecule has 2 heterocycles. The minimum absolute atomic E-state index is 0.0570. The lowest BCUT2D eigenvalue weighted by atomic mass is 9.94. The predicted octanol–water partition coefficient (Wildman–Crippen LogP) is 4.19. The standard InChI is InChI=1S/C22H14BF4N3O2/c1-2-32-21(31)18-10-19(12-3-5-13(6-4-12)22(25,26)27)30-20(28-18)11-17(29-30)15-8-7-14(23)9-16(15)24/h3-11H,2H2,1H3. The maximum absolute atomic E-state index is 14.4. The lowest BCUT2D eigenvalue weighted by Crippen LogP contribution is -2.10. The Morgan fingerprint density at radius 1 is 1.09 bits per heavy atom. The van der Waals surface area contributed by atoms with Crippen LogP contribution in [0.5, 0.6) is 0 Å². The summed E-state index contributed by atoms with van der Waals surface area (Å²) in [6.07, 6.45) is -4.49. The number of aromatic nitrogens is 3. The Hall–Kier alpha value is -3.69. The summed E-state index contributed by atoms with van der Waals surface area (Å²) in [6.45, 7) is 1.75. The first kappa shape index (κ1) is 21.5. The zero-order valence-electron chi connectivity index (χ0n) is 16.7. The summed E-state index contributed by atoms with van der Waals surface area (Å²) in [7, 11) is 5.60. The molecule has 2 aromatic carbocycles. The van der Waals surface area contributed by atoms with Crippen molar-refractivity contribution in [2.75, 3.05) is 6.61 Å². The van der Waals surface area contributed by atoms with E-state index in [1.807, 2.05) is 0 Å². The fourth-order valence-electron chi connectivity index (χ4n) is 3.19. The highest BCUT2D eigenvalue weighted by Gasteiger charge is 2.30. The van der Waals surface area contributed by atoms with E-state index in [1.54, 1.807) is 6.92 Å². The maximum atomic E-state index is 14.4. The molecule has 0 aliphatic heterocycles. The number of alkyl halides is 3. The molecule has 0 saturated heterocycles. The molecule has 4 aromatic rings. The van der Waals surface area contributed by atoms with E-state index in [0.29, 0.717) is 5.56 Å². The van der Waals surface area contributed by atoms with Gasteiger partial charge in [0.15, 0.2) is 11.3 Å². The highest BCUT2D eigenvalue weighted by molar-refractivity contribution is 6.32. The summed E-state index contributed by atoms with van der Waals surface area (Å²) in [5.74, 6) is -1.31. The summed E-state index contributed by atoms with van der Waals surface area (Å²) < 4.78 is 59.6. The van der Waals surface area contributed by atoms with Crippen LogP contribution in [0.1, 0.15) is 23.0 Å². The number of ether oxygens (including phenoxy) is 1. The van der Waals surface area contributed by atoms with Crippen LogP contribution in [0.3, 0.4) is 0 Å². The van der Waals surface area contributed by atoms with Gasteiger partial charge in [-0.2, -0.15) is 18.3 Å². The van der Waals surface area contributed by atoms with Gasteiger partial charge in [-0.1, -0.05) is 29.7 Å². The summed E-state index contributed by atoms with van der Waals surface area (Å²) in [6, 6.07) is 11.3. The number of carbonyl (C=O) groups excluding carboxylic acids is 1. The normalized spacial score (nSPS) is 11.7. The van der Waals surface area contributed by atoms with Crippen molar-refractivity contribution in [1.82, 2.24) is 14.6 Å². The average molecular weight is 439 g/mol. The van der Waals surface area contributed by atoms with E-state index >= 15 is 0 Å². The van der Waals surface area contributed by atoms with Gasteiger partial charge in [0.05, 0.1) is 23.6 Å². The summed E-state index contributed by atoms with van der Waals surface area (Å²) in [4.78, 5) is 16.5. The Morgan fingerprint density at radius 3 is 2.44 bits per heavy atom. The molecule has 32 heavy (non-hydrogen) atoms. The molecule has 5 nitrogen and oxygen atoms in total. The molecule has 0 bridgehead atoms. The molecule has 4 rings (SSSR count). The van der Waals surface area contributed by atoms with E-state index in [-0.39, 0.29) is 40.4 Å².